The van der Waals surface area contributed by atoms with Crippen molar-refractivity contribution < 1.29 is 29.0 Å². The number of hydrogen-bond acceptors (Lipinski definition) is 7. The lowest BCUT2D eigenvalue weighted by Crippen LogP contribution is -2.59. The zero-order valence-electron chi connectivity index (χ0n) is 27.4. The summed E-state index contributed by atoms with van der Waals surface area (Å²) in [6.07, 6.45) is 8.09. The second-order valence-corrected chi connectivity index (χ2v) is 14.5. The molecule has 8 rings (SSSR count). The molecule has 50 heavy (non-hydrogen) atoms. The summed E-state index contributed by atoms with van der Waals surface area (Å²) in [5.74, 6) is -3.35. The molecule has 4 aromatic rings. The summed E-state index contributed by atoms with van der Waals surface area (Å²) in [4.78, 5) is 60.5. The number of carbonyl (C=O) groups excluding carboxylic acids is 4. The number of carbonyl (C=O) groups is 4. The maximum absolute atomic E-state index is 15.0. The van der Waals surface area contributed by atoms with E-state index in [1.807, 2.05) is 90.3 Å². The Morgan fingerprint density at radius 3 is 2.40 bits per heavy atom. The summed E-state index contributed by atoms with van der Waals surface area (Å²) in [6.45, 7) is 0.228. The van der Waals surface area contributed by atoms with Crippen LogP contribution < -0.4 is 4.74 Å². The predicted molar refractivity (Wildman–Crippen MR) is 191 cm³/mol. The standard InChI is InChI=1S/C42H35NO6S/c1-49-36-21-25(15-19-35(36)44)14-18-33-29-16-17-30-38(41(48)43(40(30)47)24-28-13-8-20-50-28)32(29)22-34-39(46)31(26-9-4-2-5-10-26)23-37(45)42(33,34)27-11-6-3-7-12-27/h2-16,18-21,23,30,32-34,38,44H,17,22,24H2,1H3/t30-,32+,33-,34-,38-,42-/m0/s1. The molecule has 0 bridgehead atoms. The van der Waals surface area contributed by atoms with E-state index in [0.717, 1.165) is 21.6 Å². The van der Waals surface area contributed by atoms with Gasteiger partial charge in [0.15, 0.2) is 23.1 Å². The van der Waals surface area contributed by atoms with Gasteiger partial charge in [-0.2, -0.15) is 0 Å². The van der Waals surface area contributed by atoms with E-state index in [1.54, 1.807) is 18.2 Å². The number of rotatable bonds is 7. The number of imide groups is 1. The van der Waals surface area contributed by atoms with E-state index in [-0.39, 0.29) is 42.1 Å². The highest BCUT2D eigenvalue weighted by Gasteiger charge is 2.65. The average molecular weight is 682 g/mol. The summed E-state index contributed by atoms with van der Waals surface area (Å²) in [6, 6.07) is 27.6. The molecule has 4 aliphatic rings. The number of aromatic hydroxyl groups is 1. The molecule has 1 aliphatic heterocycles. The Morgan fingerprint density at radius 2 is 1.68 bits per heavy atom. The van der Waals surface area contributed by atoms with Gasteiger partial charge < -0.3 is 9.84 Å². The summed E-state index contributed by atoms with van der Waals surface area (Å²) in [7, 11) is 1.48. The van der Waals surface area contributed by atoms with Crippen molar-refractivity contribution in [1.82, 2.24) is 4.90 Å². The van der Waals surface area contributed by atoms with Gasteiger partial charge in [-0.05, 0) is 65.1 Å². The van der Waals surface area contributed by atoms with Gasteiger partial charge in [0, 0.05) is 22.3 Å². The Kier molecular flexibility index (Phi) is 7.99. The molecule has 2 fully saturated rings. The van der Waals surface area contributed by atoms with Crippen molar-refractivity contribution >= 4 is 46.4 Å². The number of phenols is 1. The van der Waals surface area contributed by atoms with Crippen LogP contribution in [0.3, 0.4) is 0 Å². The van der Waals surface area contributed by atoms with Crippen molar-refractivity contribution in [3.05, 3.63) is 142 Å². The van der Waals surface area contributed by atoms with Crippen LogP contribution in [0, 0.1) is 29.6 Å². The summed E-state index contributed by atoms with van der Waals surface area (Å²) < 4.78 is 5.36. The first-order chi connectivity index (χ1) is 24.3. The second-order valence-electron chi connectivity index (χ2n) is 13.5. The molecule has 1 N–H and O–H groups in total. The monoisotopic (exact) mass is 681 g/mol. The van der Waals surface area contributed by atoms with Crippen molar-refractivity contribution in [2.45, 2.75) is 24.8 Å². The summed E-state index contributed by atoms with van der Waals surface area (Å²) in [5, 5.41) is 12.2. The normalized spacial score (nSPS) is 27.5. The van der Waals surface area contributed by atoms with Gasteiger partial charge in [-0.15, -0.1) is 11.3 Å². The summed E-state index contributed by atoms with van der Waals surface area (Å²) >= 11 is 1.51. The van der Waals surface area contributed by atoms with Crippen LogP contribution >= 0.6 is 11.3 Å². The largest absolute Gasteiger partial charge is 0.504 e. The topological polar surface area (TPSA) is 101 Å². The highest BCUT2D eigenvalue weighted by Crippen LogP contribution is 2.61. The van der Waals surface area contributed by atoms with Gasteiger partial charge in [0.1, 0.15) is 0 Å². The average Bonchev–Trinajstić information content (AvgIpc) is 3.75. The molecule has 0 unspecified atom stereocenters. The lowest BCUT2D eigenvalue weighted by Gasteiger charge is -2.54. The van der Waals surface area contributed by atoms with E-state index in [9.17, 15) is 19.5 Å². The number of ether oxygens (including phenoxy) is 1. The van der Waals surface area contributed by atoms with Crippen LogP contribution in [0.5, 0.6) is 11.5 Å². The lowest BCUT2D eigenvalue weighted by molar-refractivity contribution is -0.141. The van der Waals surface area contributed by atoms with Gasteiger partial charge in [-0.25, -0.2) is 0 Å². The van der Waals surface area contributed by atoms with E-state index in [1.165, 1.54) is 29.4 Å². The van der Waals surface area contributed by atoms with Gasteiger partial charge in [-0.1, -0.05) is 96.6 Å². The Balaban J connectivity index is 1.31. The van der Waals surface area contributed by atoms with Crippen molar-refractivity contribution in [2.24, 2.45) is 29.6 Å². The highest BCUT2D eigenvalue weighted by atomic mass is 32.1. The smallest absolute Gasteiger partial charge is 0.234 e. The number of nitrogens with zero attached hydrogens (tertiary/aromatic N) is 1. The fourth-order valence-corrected chi connectivity index (χ4v) is 9.60. The molecule has 1 saturated heterocycles. The van der Waals surface area contributed by atoms with Crippen LogP contribution in [0.1, 0.15) is 34.4 Å². The number of methoxy groups -OCH3 is 1. The van der Waals surface area contributed by atoms with Crippen LogP contribution in [0.4, 0.5) is 0 Å². The molecule has 250 valence electrons. The van der Waals surface area contributed by atoms with Crippen LogP contribution in [-0.2, 0) is 31.1 Å². The van der Waals surface area contributed by atoms with E-state index >= 15 is 4.79 Å². The zero-order chi connectivity index (χ0) is 34.6. The molecule has 2 heterocycles. The van der Waals surface area contributed by atoms with Crippen molar-refractivity contribution in [2.75, 3.05) is 7.11 Å². The first kappa shape index (κ1) is 31.9. The third-order valence-electron chi connectivity index (χ3n) is 11.1. The number of thiophene rings is 1. The van der Waals surface area contributed by atoms with Crippen LogP contribution in [-0.4, -0.2) is 40.5 Å². The minimum absolute atomic E-state index is 0.00683. The second kappa shape index (κ2) is 12.5. The van der Waals surface area contributed by atoms with Gasteiger partial charge in [0.2, 0.25) is 11.8 Å². The fraction of sp³-hybridized carbons (Fsp3) is 0.238. The van der Waals surface area contributed by atoms with Crippen LogP contribution in [0.2, 0.25) is 0 Å². The minimum Gasteiger partial charge on any atom is -0.504 e. The van der Waals surface area contributed by atoms with E-state index < -0.39 is 35.0 Å². The van der Waals surface area contributed by atoms with Gasteiger partial charge in [-0.3, -0.25) is 24.1 Å². The van der Waals surface area contributed by atoms with E-state index in [2.05, 4.69) is 6.08 Å². The number of hydrogen-bond donors (Lipinski definition) is 1. The van der Waals surface area contributed by atoms with Gasteiger partial charge in [0.05, 0.1) is 30.9 Å². The third-order valence-corrected chi connectivity index (χ3v) is 12.0. The van der Waals surface area contributed by atoms with Crippen molar-refractivity contribution in [1.29, 1.82) is 0 Å². The van der Waals surface area contributed by atoms with E-state index in [4.69, 9.17) is 4.74 Å². The number of likely N-dealkylation sites (tertiary alicyclic amines) is 1. The number of ketones is 2. The van der Waals surface area contributed by atoms with Crippen molar-refractivity contribution in [3.8, 4) is 11.5 Å². The molecule has 3 aliphatic carbocycles. The molecule has 3 aromatic carbocycles. The maximum Gasteiger partial charge on any atom is 0.234 e. The number of benzene rings is 3. The molecule has 0 radical (unpaired) electrons. The molecule has 0 spiro atoms. The van der Waals surface area contributed by atoms with Crippen LogP contribution in [0.25, 0.3) is 11.6 Å². The first-order valence-electron chi connectivity index (χ1n) is 16.9. The van der Waals surface area contributed by atoms with Crippen molar-refractivity contribution in [3.63, 3.8) is 0 Å². The molecule has 2 amide bonds. The molecule has 8 heteroatoms. The van der Waals surface area contributed by atoms with Gasteiger partial charge >= 0.3 is 0 Å². The molecule has 1 aromatic heterocycles. The first-order valence-corrected chi connectivity index (χ1v) is 17.7. The number of Topliss-reactive ketones (excluding diaryl/α,β-unsaturated/α-hetero) is 1. The molecule has 6 atom stereocenters. The molecular formula is C42H35NO6S. The highest BCUT2D eigenvalue weighted by molar-refractivity contribution is 7.09. The molecule has 1 saturated carbocycles. The number of fused-ring (bicyclic) bond motifs is 4. The van der Waals surface area contributed by atoms with E-state index in [0.29, 0.717) is 23.3 Å². The van der Waals surface area contributed by atoms with Crippen LogP contribution in [0.15, 0.2) is 120 Å². The summed E-state index contributed by atoms with van der Waals surface area (Å²) in [5.41, 5.74) is 2.13. The Morgan fingerprint density at radius 1 is 0.920 bits per heavy atom. The number of amides is 2. The molecule has 7 nitrogen and oxygen atoms in total. The van der Waals surface area contributed by atoms with Gasteiger partial charge in [0.25, 0.3) is 0 Å². The number of allylic oxidation sites excluding steroid dienone is 5. The Hall–Kier alpha value is -5.34. The lowest BCUT2D eigenvalue weighted by atomic mass is 9.45. The minimum atomic E-state index is -1.29. The SMILES string of the molecule is COc1cc(C=C[C@H]2C3=CC[C@@H]4C(=O)N(Cc5cccs5)C(=O)[C@@H]4[C@@H]3C[C@H]3C(=O)C(c4ccccc4)=CC(=O)[C@@]23c2ccccc2)ccc1O. The Labute approximate surface area is 294 Å². The fourth-order valence-electron chi connectivity index (χ4n) is 8.91. The zero-order valence-corrected chi connectivity index (χ0v) is 28.2. The predicted octanol–water partition coefficient (Wildman–Crippen LogP) is 7.03. The quantitative estimate of drug-likeness (QED) is 0.166. The molecular weight excluding hydrogens is 647 g/mol. The third kappa shape index (κ3) is 4.92. The Bertz CT molecular complexity index is 2100. The maximum atomic E-state index is 15.0. The number of phenolic OH excluding ortho intramolecular Hbond substituents is 1.